The fraction of sp³-hybridized carbons (Fsp3) is 0.619. The summed E-state index contributed by atoms with van der Waals surface area (Å²) in [5, 5.41) is 7.52. The van der Waals surface area contributed by atoms with Crippen molar-refractivity contribution in [3.05, 3.63) is 35.5 Å². The van der Waals surface area contributed by atoms with Gasteiger partial charge in [0.25, 0.3) is 0 Å². The van der Waals surface area contributed by atoms with Crippen LogP contribution in [-0.4, -0.2) is 69.2 Å². The van der Waals surface area contributed by atoms with Gasteiger partial charge in [0.05, 0.1) is 18.2 Å². The second-order valence-electron chi connectivity index (χ2n) is 8.63. The van der Waals surface area contributed by atoms with Crippen LogP contribution in [0.3, 0.4) is 0 Å². The highest BCUT2D eigenvalue weighted by atomic mass is 16.5. The number of carbonyl (C=O) groups excluding carboxylic acids is 1. The minimum atomic E-state index is -0.173. The van der Waals surface area contributed by atoms with Crippen LogP contribution in [0.1, 0.15) is 37.6 Å². The zero-order valence-electron chi connectivity index (χ0n) is 17.7. The number of carbonyl (C=O) groups is 1. The average molecular weight is 399 g/mol. The molecule has 2 aliphatic rings. The molecule has 0 aliphatic carbocycles. The molecule has 2 aromatic rings. The molecule has 2 aromatic heterocycles. The van der Waals surface area contributed by atoms with Gasteiger partial charge in [0.1, 0.15) is 5.82 Å². The van der Waals surface area contributed by atoms with E-state index in [2.05, 4.69) is 25.1 Å². The van der Waals surface area contributed by atoms with Crippen molar-refractivity contribution in [1.29, 1.82) is 0 Å². The molecule has 0 saturated carbocycles. The number of hydrogen-bond acceptors (Lipinski definition) is 6. The Balaban J connectivity index is 1.56. The van der Waals surface area contributed by atoms with Gasteiger partial charge in [-0.15, -0.1) is 0 Å². The summed E-state index contributed by atoms with van der Waals surface area (Å²) in [6.45, 7) is 9.92. The number of methoxy groups -OCH3 is 1. The summed E-state index contributed by atoms with van der Waals surface area (Å²) < 4.78 is 5.26. The highest BCUT2D eigenvalue weighted by Crippen LogP contribution is 2.44. The van der Waals surface area contributed by atoms with Crippen molar-refractivity contribution in [3.8, 4) is 5.88 Å². The second kappa shape index (κ2) is 7.74. The van der Waals surface area contributed by atoms with Crippen LogP contribution in [0.5, 0.6) is 5.88 Å². The minimum Gasteiger partial charge on any atom is -0.481 e. The number of H-pyrrole nitrogens is 1. The van der Waals surface area contributed by atoms with E-state index in [4.69, 9.17) is 4.74 Å². The normalized spacial score (nSPS) is 24.7. The van der Waals surface area contributed by atoms with Crippen molar-refractivity contribution in [1.82, 2.24) is 30.0 Å². The predicted molar refractivity (Wildman–Crippen MR) is 108 cm³/mol. The van der Waals surface area contributed by atoms with Gasteiger partial charge in [0.2, 0.25) is 11.8 Å². The maximum Gasteiger partial charge on any atom is 0.225 e. The van der Waals surface area contributed by atoms with Crippen LogP contribution >= 0.6 is 0 Å². The van der Waals surface area contributed by atoms with E-state index in [0.717, 1.165) is 49.9 Å². The Labute approximate surface area is 171 Å². The molecule has 2 fully saturated rings. The number of aryl methyl sites for hydroxylation is 1. The van der Waals surface area contributed by atoms with E-state index in [1.807, 2.05) is 43.9 Å². The lowest BCUT2D eigenvalue weighted by molar-refractivity contribution is -0.133. The Morgan fingerprint density at radius 1 is 1.34 bits per heavy atom. The van der Waals surface area contributed by atoms with Gasteiger partial charge in [0, 0.05) is 44.1 Å². The lowest BCUT2D eigenvalue weighted by atomic mass is 9.72. The van der Waals surface area contributed by atoms with Crippen LogP contribution in [-0.2, 0) is 16.8 Å². The van der Waals surface area contributed by atoms with Crippen LogP contribution in [0.2, 0.25) is 0 Å². The van der Waals surface area contributed by atoms with Gasteiger partial charge in [-0.05, 0) is 26.0 Å². The van der Waals surface area contributed by atoms with Crippen molar-refractivity contribution in [2.24, 2.45) is 11.8 Å². The lowest BCUT2D eigenvalue weighted by Crippen LogP contribution is -2.50. The summed E-state index contributed by atoms with van der Waals surface area (Å²) in [5.41, 5.74) is 0.826. The number of pyridine rings is 1. The summed E-state index contributed by atoms with van der Waals surface area (Å²) in [6.07, 6.45) is 0.931. The number of fused-ring (bicyclic) bond motifs is 1. The summed E-state index contributed by atoms with van der Waals surface area (Å²) in [6, 6.07) is 5.87. The number of nitrogens with zero attached hydrogens (tertiary/aromatic N) is 5. The minimum absolute atomic E-state index is 0.00170. The van der Waals surface area contributed by atoms with E-state index < -0.39 is 0 Å². The summed E-state index contributed by atoms with van der Waals surface area (Å²) in [4.78, 5) is 26.4. The van der Waals surface area contributed by atoms with Crippen LogP contribution in [0.25, 0.3) is 0 Å². The van der Waals surface area contributed by atoms with Gasteiger partial charge < -0.3 is 9.64 Å². The number of nitrogens with one attached hydrogen (secondary N) is 1. The number of amides is 1. The first kappa shape index (κ1) is 19.8. The highest BCUT2D eigenvalue weighted by molar-refractivity contribution is 5.78. The van der Waals surface area contributed by atoms with E-state index in [0.29, 0.717) is 18.3 Å². The van der Waals surface area contributed by atoms with Crippen molar-refractivity contribution in [3.63, 3.8) is 0 Å². The van der Waals surface area contributed by atoms with Crippen molar-refractivity contribution < 1.29 is 9.53 Å². The Morgan fingerprint density at radius 2 is 2.17 bits per heavy atom. The fourth-order valence-electron chi connectivity index (χ4n) is 4.75. The molecule has 0 aromatic carbocycles. The second-order valence-corrected chi connectivity index (χ2v) is 8.63. The first-order valence-electron chi connectivity index (χ1n) is 10.3. The lowest BCUT2D eigenvalue weighted by Gasteiger charge is -2.41. The zero-order chi connectivity index (χ0) is 20.6. The van der Waals surface area contributed by atoms with Gasteiger partial charge in [-0.3, -0.25) is 14.8 Å². The Hall–Kier alpha value is -2.48. The van der Waals surface area contributed by atoms with Crippen LogP contribution < -0.4 is 4.74 Å². The Morgan fingerprint density at radius 3 is 2.86 bits per heavy atom. The van der Waals surface area contributed by atoms with E-state index >= 15 is 0 Å². The van der Waals surface area contributed by atoms with Gasteiger partial charge >= 0.3 is 0 Å². The molecule has 156 valence electrons. The van der Waals surface area contributed by atoms with Gasteiger partial charge in [0.15, 0.2) is 5.82 Å². The molecule has 8 nitrogen and oxygen atoms in total. The molecule has 4 heterocycles. The fourth-order valence-corrected chi connectivity index (χ4v) is 4.75. The third-order valence-corrected chi connectivity index (χ3v) is 6.27. The van der Waals surface area contributed by atoms with Crippen molar-refractivity contribution in [2.75, 3.05) is 33.3 Å². The number of piperidine rings is 1. The van der Waals surface area contributed by atoms with E-state index in [1.54, 1.807) is 7.11 Å². The third kappa shape index (κ3) is 3.73. The van der Waals surface area contributed by atoms with E-state index in [9.17, 15) is 4.79 Å². The standard InChI is InChI=1S/C21H30N6O2/c1-14(2)19(28)27-11-16-10-26(12-17-6-5-7-18(23-17)29-4)9-8-21(16,13-27)20-22-15(3)24-25-20/h5-7,14,16H,8-13H2,1-4H3,(H,22,24,25)/t16-,21-/m1/s1. The maximum atomic E-state index is 12.8. The average Bonchev–Trinajstić information content (AvgIpc) is 3.31. The molecular formula is C21H30N6O2. The van der Waals surface area contributed by atoms with E-state index in [1.165, 1.54) is 0 Å². The van der Waals surface area contributed by atoms with Gasteiger partial charge in [-0.1, -0.05) is 19.9 Å². The molecule has 4 rings (SSSR count). The van der Waals surface area contributed by atoms with Crippen molar-refractivity contribution >= 4 is 5.91 Å². The number of hydrogen-bond donors (Lipinski definition) is 1. The number of likely N-dealkylation sites (tertiary alicyclic amines) is 2. The molecular weight excluding hydrogens is 368 g/mol. The van der Waals surface area contributed by atoms with E-state index in [-0.39, 0.29) is 17.2 Å². The zero-order valence-corrected chi connectivity index (χ0v) is 17.7. The van der Waals surface area contributed by atoms with Gasteiger partial charge in [-0.2, -0.15) is 5.10 Å². The van der Waals surface area contributed by atoms with Crippen LogP contribution in [0.15, 0.2) is 18.2 Å². The van der Waals surface area contributed by atoms with Crippen LogP contribution in [0.4, 0.5) is 0 Å². The molecule has 0 unspecified atom stereocenters. The number of aromatic nitrogens is 4. The molecule has 2 saturated heterocycles. The van der Waals surface area contributed by atoms with Crippen molar-refractivity contribution in [2.45, 2.75) is 39.2 Å². The maximum absolute atomic E-state index is 12.8. The SMILES string of the molecule is COc1cccc(CN2CC[C@@]3(c4n[nH]c(C)n4)CN(C(=O)C(C)C)C[C@H]3C2)n1. The third-order valence-electron chi connectivity index (χ3n) is 6.27. The number of aromatic amines is 1. The monoisotopic (exact) mass is 398 g/mol. The molecule has 0 radical (unpaired) electrons. The summed E-state index contributed by atoms with van der Waals surface area (Å²) in [7, 11) is 1.64. The van der Waals surface area contributed by atoms with Gasteiger partial charge in [-0.25, -0.2) is 9.97 Å². The summed E-state index contributed by atoms with van der Waals surface area (Å²) in [5.74, 6) is 2.84. The molecule has 29 heavy (non-hydrogen) atoms. The number of rotatable bonds is 5. The molecule has 0 spiro atoms. The largest absolute Gasteiger partial charge is 0.481 e. The predicted octanol–water partition coefficient (Wildman–Crippen LogP) is 1.77. The molecule has 1 amide bonds. The molecule has 2 aliphatic heterocycles. The smallest absolute Gasteiger partial charge is 0.225 e. The topological polar surface area (TPSA) is 87.2 Å². The highest BCUT2D eigenvalue weighted by Gasteiger charge is 2.54. The Bertz CT molecular complexity index is 882. The molecule has 2 atom stereocenters. The molecule has 0 bridgehead atoms. The Kier molecular flexibility index (Phi) is 5.29. The first-order chi connectivity index (χ1) is 13.9. The van der Waals surface area contributed by atoms with Crippen LogP contribution in [0, 0.1) is 18.8 Å². The molecule has 1 N–H and O–H groups in total. The summed E-state index contributed by atoms with van der Waals surface area (Å²) >= 11 is 0. The first-order valence-corrected chi connectivity index (χ1v) is 10.3. The quantitative estimate of drug-likeness (QED) is 0.826. The molecule has 8 heteroatoms. The number of ether oxygens (including phenoxy) is 1.